The van der Waals surface area contributed by atoms with Gasteiger partial charge in [-0.05, 0) is 29.0 Å². The van der Waals surface area contributed by atoms with Crippen LogP contribution in [0.2, 0.25) is 0 Å². The smallest absolute Gasteiger partial charge is 0.212 e. The van der Waals surface area contributed by atoms with Gasteiger partial charge in [-0.3, -0.25) is 4.79 Å². The van der Waals surface area contributed by atoms with Gasteiger partial charge in [-0.2, -0.15) is 0 Å². The monoisotopic (exact) mass is 219 g/mol. The number of aromatic nitrogens is 1. The first-order chi connectivity index (χ1) is 8.36. The van der Waals surface area contributed by atoms with Gasteiger partial charge in [0.15, 0.2) is 0 Å². The second-order valence-corrected chi connectivity index (χ2v) is 4.27. The van der Waals surface area contributed by atoms with E-state index in [1.807, 2.05) is 53.2 Å². The third-order valence-corrected chi connectivity index (χ3v) is 3.38. The van der Waals surface area contributed by atoms with Crippen LogP contribution in [0.1, 0.15) is 16.1 Å². The number of ketones is 1. The molecule has 0 fully saturated rings. The molecule has 0 N–H and O–H groups in total. The number of fused-ring (bicyclic) bond motifs is 5. The molecule has 1 aromatic heterocycles. The number of nitrogens with zero attached hydrogens (tertiary/aromatic N) is 1. The van der Waals surface area contributed by atoms with Crippen LogP contribution in [0, 0.1) is 0 Å². The van der Waals surface area contributed by atoms with Crippen LogP contribution in [-0.2, 0) is 0 Å². The molecule has 3 aromatic rings. The molecule has 17 heavy (non-hydrogen) atoms. The maximum Gasteiger partial charge on any atom is 0.212 e. The van der Waals surface area contributed by atoms with E-state index in [4.69, 9.17) is 0 Å². The topological polar surface area (TPSA) is 22.0 Å². The van der Waals surface area contributed by atoms with Crippen molar-refractivity contribution >= 4 is 16.6 Å². The lowest BCUT2D eigenvalue weighted by Gasteiger charge is -2.04. The normalized spacial score (nSPS) is 12.8. The molecule has 2 heterocycles. The third kappa shape index (κ3) is 0.972. The zero-order valence-corrected chi connectivity index (χ0v) is 9.05. The number of rotatable bonds is 0. The summed E-state index contributed by atoms with van der Waals surface area (Å²) in [5, 5.41) is 2.16. The molecule has 2 nitrogen and oxygen atoms in total. The Bertz CT molecular complexity index is 767. The molecule has 2 heteroatoms. The molecule has 2 aromatic carbocycles. The van der Waals surface area contributed by atoms with Crippen molar-refractivity contribution in [3.63, 3.8) is 0 Å². The molecule has 1 aliphatic heterocycles. The molecule has 0 amide bonds. The molecule has 0 saturated carbocycles. The Labute approximate surface area is 98.1 Å². The van der Waals surface area contributed by atoms with Gasteiger partial charge in [0.05, 0.1) is 16.9 Å². The summed E-state index contributed by atoms with van der Waals surface area (Å²) in [7, 11) is 0. The fraction of sp³-hybridized carbons (Fsp3) is 0. The van der Waals surface area contributed by atoms with E-state index in [0.717, 1.165) is 27.7 Å². The maximum absolute atomic E-state index is 12.3. The number of carbonyl (C=O) groups excluding carboxylic acids is 1. The average Bonchev–Trinajstić information content (AvgIpc) is 2.93. The van der Waals surface area contributed by atoms with Crippen LogP contribution >= 0.6 is 0 Å². The van der Waals surface area contributed by atoms with Crippen LogP contribution in [0.5, 0.6) is 0 Å². The molecule has 4 rings (SSSR count). The zero-order chi connectivity index (χ0) is 11.4. The van der Waals surface area contributed by atoms with E-state index in [0.29, 0.717) is 0 Å². The second-order valence-electron chi connectivity index (χ2n) is 4.27. The predicted molar refractivity (Wildman–Crippen MR) is 66.7 cm³/mol. The quantitative estimate of drug-likeness (QED) is 0.445. The standard InChI is InChI=1S/C15H9NO/c17-15-13-6-3-9-16(13)12-8-7-10-4-1-2-5-11(10)14(12)15/h1-9H. The Kier molecular flexibility index (Phi) is 1.47. The minimum absolute atomic E-state index is 0.127. The highest BCUT2D eigenvalue weighted by atomic mass is 16.1. The second kappa shape index (κ2) is 2.86. The van der Waals surface area contributed by atoms with Gasteiger partial charge in [-0.25, -0.2) is 0 Å². The predicted octanol–water partition coefficient (Wildman–Crippen LogP) is 3.17. The highest BCUT2D eigenvalue weighted by Crippen LogP contribution is 2.33. The van der Waals surface area contributed by atoms with E-state index in [2.05, 4.69) is 6.07 Å². The summed E-state index contributed by atoms with van der Waals surface area (Å²) in [6.07, 6.45) is 1.94. The molecule has 80 valence electrons. The molecular weight excluding hydrogens is 210 g/mol. The van der Waals surface area contributed by atoms with Crippen LogP contribution in [0.25, 0.3) is 16.5 Å². The van der Waals surface area contributed by atoms with Crippen molar-refractivity contribution in [1.29, 1.82) is 0 Å². The van der Waals surface area contributed by atoms with Crippen LogP contribution in [0.3, 0.4) is 0 Å². The van der Waals surface area contributed by atoms with Crippen molar-refractivity contribution < 1.29 is 4.79 Å². The summed E-state index contributed by atoms with van der Waals surface area (Å²) in [6, 6.07) is 15.9. The fourth-order valence-corrected chi connectivity index (χ4v) is 2.60. The lowest BCUT2D eigenvalue weighted by molar-refractivity contribution is 0.104. The van der Waals surface area contributed by atoms with Gasteiger partial charge in [0.1, 0.15) is 0 Å². The van der Waals surface area contributed by atoms with E-state index in [1.165, 1.54) is 0 Å². The first-order valence-electron chi connectivity index (χ1n) is 5.60. The Hall–Kier alpha value is -2.35. The molecule has 0 spiro atoms. The number of hydrogen-bond acceptors (Lipinski definition) is 1. The summed E-state index contributed by atoms with van der Waals surface area (Å²) in [5.41, 5.74) is 2.59. The van der Waals surface area contributed by atoms with E-state index in [-0.39, 0.29) is 5.78 Å². The summed E-state index contributed by atoms with van der Waals surface area (Å²) in [4.78, 5) is 12.3. The molecule has 0 radical (unpaired) electrons. The number of benzene rings is 2. The van der Waals surface area contributed by atoms with Gasteiger partial charge in [-0.15, -0.1) is 0 Å². The van der Waals surface area contributed by atoms with Gasteiger partial charge in [-0.1, -0.05) is 30.3 Å². The van der Waals surface area contributed by atoms with Gasteiger partial charge in [0, 0.05) is 6.20 Å². The highest BCUT2D eigenvalue weighted by molar-refractivity contribution is 6.21. The van der Waals surface area contributed by atoms with E-state index >= 15 is 0 Å². The van der Waals surface area contributed by atoms with Crippen LogP contribution in [0.15, 0.2) is 54.7 Å². The van der Waals surface area contributed by atoms with Gasteiger partial charge >= 0.3 is 0 Å². The number of carbonyl (C=O) groups is 1. The SMILES string of the molecule is O=C1c2c(ccc3ccccc23)-n2cccc21. The van der Waals surface area contributed by atoms with Crippen LogP contribution in [-0.4, -0.2) is 10.4 Å². The molecule has 0 bridgehead atoms. The van der Waals surface area contributed by atoms with Crippen molar-refractivity contribution in [2.24, 2.45) is 0 Å². The Morgan fingerprint density at radius 2 is 1.76 bits per heavy atom. The summed E-state index contributed by atoms with van der Waals surface area (Å²) in [5.74, 6) is 0.127. The first kappa shape index (κ1) is 8.76. The molecule has 0 unspecified atom stereocenters. The molecule has 0 atom stereocenters. The lowest BCUT2D eigenvalue weighted by Crippen LogP contribution is -1.95. The molecule has 0 aliphatic carbocycles. The first-order valence-corrected chi connectivity index (χ1v) is 5.60. The van der Waals surface area contributed by atoms with Gasteiger partial charge in [0.2, 0.25) is 5.78 Å². The highest BCUT2D eigenvalue weighted by Gasteiger charge is 2.27. The Morgan fingerprint density at radius 1 is 0.882 bits per heavy atom. The molecule has 1 aliphatic rings. The van der Waals surface area contributed by atoms with Crippen molar-refractivity contribution in [2.45, 2.75) is 0 Å². The van der Waals surface area contributed by atoms with E-state index in [1.54, 1.807) is 0 Å². The zero-order valence-electron chi connectivity index (χ0n) is 9.05. The number of hydrogen-bond donors (Lipinski definition) is 0. The van der Waals surface area contributed by atoms with Crippen molar-refractivity contribution in [3.05, 3.63) is 66.0 Å². The molecular formula is C15H9NO. The Balaban J connectivity index is 2.21. The fourth-order valence-electron chi connectivity index (χ4n) is 2.60. The summed E-state index contributed by atoms with van der Waals surface area (Å²) < 4.78 is 1.96. The van der Waals surface area contributed by atoms with E-state index < -0.39 is 0 Å². The minimum atomic E-state index is 0.127. The third-order valence-electron chi connectivity index (χ3n) is 3.38. The van der Waals surface area contributed by atoms with Crippen LogP contribution < -0.4 is 0 Å². The largest absolute Gasteiger partial charge is 0.313 e. The lowest BCUT2D eigenvalue weighted by atomic mass is 10.0. The van der Waals surface area contributed by atoms with Crippen molar-refractivity contribution in [3.8, 4) is 5.69 Å². The summed E-state index contributed by atoms with van der Waals surface area (Å²) in [6.45, 7) is 0. The van der Waals surface area contributed by atoms with Gasteiger partial charge in [0.25, 0.3) is 0 Å². The minimum Gasteiger partial charge on any atom is -0.313 e. The maximum atomic E-state index is 12.3. The van der Waals surface area contributed by atoms with Gasteiger partial charge < -0.3 is 4.57 Å². The van der Waals surface area contributed by atoms with Crippen LogP contribution in [0.4, 0.5) is 0 Å². The summed E-state index contributed by atoms with van der Waals surface area (Å²) >= 11 is 0. The van der Waals surface area contributed by atoms with Crippen molar-refractivity contribution in [1.82, 2.24) is 4.57 Å². The molecule has 0 saturated heterocycles. The van der Waals surface area contributed by atoms with Crippen molar-refractivity contribution in [2.75, 3.05) is 0 Å². The average molecular weight is 219 g/mol. The van der Waals surface area contributed by atoms with E-state index in [9.17, 15) is 4.79 Å². The Morgan fingerprint density at radius 3 is 2.71 bits per heavy atom.